The molecule has 0 aromatic carbocycles. The van der Waals surface area contributed by atoms with Crippen LogP contribution in [0.3, 0.4) is 0 Å². The molecule has 1 atom stereocenters. The lowest BCUT2D eigenvalue weighted by molar-refractivity contribution is -0.119. The predicted molar refractivity (Wildman–Crippen MR) is 95.9 cm³/mol. The van der Waals surface area contributed by atoms with Gasteiger partial charge in [0.2, 0.25) is 11.1 Å². The molecule has 3 N–H and O–H groups in total. The molecule has 1 amide bonds. The van der Waals surface area contributed by atoms with Crippen LogP contribution in [0.4, 0.5) is 0 Å². The van der Waals surface area contributed by atoms with Crippen LogP contribution in [0.2, 0.25) is 0 Å². The van der Waals surface area contributed by atoms with Gasteiger partial charge in [-0.1, -0.05) is 59.2 Å². The average molecular weight is 342 g/mol. The van der Waals surface area contributed by atoms with Crippen LogP contribution >= 0.6 is 11.8 Å². The van der Waals surface area contributed by atoms with Gasteiger partial charge in [0.15, 0.2) is 5.82 Å². The summed E-state index contributed by atoms with van der Waals surface area (Å²) in [5, 5.41) is 11.8. The van der Waals surface area contributed by atoms with E-state index in [1.807, 2.05) is 27.7 Å². The van der Waals surface area contributed by atoms with E-state index in [2.05, 4.69) is 29.4 Å². The first-order chi connectivity index (χ1) is 10.6. The number of thioether (sulfide) groups is 1. The van der Waals surface area contributed by atoms with Crippen LogP contribution in [0.15, 0.2) is 5.16 Å². The number of aromatic nitrogens is 3. The molecule has 0 aliphatic rings. The fourth-order valence-electron chi connectivity index (χ4n) is 2.24. The predicted octanol–water partition coefficient (Wildman–Crippen LogP) is 2.71. The van der Waals surface area contributed by atoms with Gasteiger partial charge in [-0.25, -0.2) is 4.68 Å². The molecular weight excluding hydrogens is 310 g/mol. The van der Waals surface area contributed by atoms with Gasteiger partial charge in [-0.15, -0.1) is 10.2 Å². The summed E-state index contributed by atoms with van der Waals surface area (Å²) in [4.78, 5) is 12.0. The van der Waals surface area contributed by atoms with E-state index in [1.54, 1.807) is 0 Å². The van der Waals surface area contributed by atoms with Gasteiger partial charge in [0.1, 0.15) is 0 Å². The Morgan fingerprint density at radius 3 is 2.43 bits per heavy atom. The highest BCUT2D eigenvalue weighted by molar-refractivity contribution is 7.99. The molecule has 7 heteroatoms. The normalized spacial score (nSPS) is 13.3. The molecule has 1 unspecified atom stereocenters. The van der Waals surface area contributed by atoms with Crippen LogP contribution in [0.5, 0.6) is 0 Å². The highest BCUT2D eigenvalue weighted by Crippen LogP contribution is 2.23. The molecule has 0 aliphatic carbocycles. The number of nitrogens with two attached hydrogens (primary N) is 1. The van der Waals surface area contributed by atoms with Gasteiger partial charge in [-0.3, -0.25) is 4.79 Å². The van der Waals surface area contributed by atoms with E-state index < -0.39 is 0 Å². The summed E-state index contributed by atoms with van der Waals surface area (Å²) >= 11 is 1.32. The molecule has 1 aromatic heterocycles. The molecule has 0 fully saturated rings. The highest BCUT2D eigenvalue weighted by atomic mass is 32.2. The van der Waals surface area contributed by atoms with Crippen molar-refractivity contribution in [3.8, 4) is 0 Å². The summed E-state index contributed by atoms with van der Waals surface area (Å²) in [5.41, 5.74) is -0.173. The highest BCUT2D eigenvalue weighted by Gasteiger charge is 2.23. The van der Waals surface area contributed by atoms with Gasteiger partial charge in [-0.05, 0) is 19.3 Å². The molecule has 0 radical (unpaired) electrons. The first-order valence-corrected chi connectivity index (χ1v) is 9.23. The van der Waals surface area contributed by atoms with Gasteiger partial charge in [0, 0.05) is 11.5 Å². The zero-order valence-electron chi connectivity index (χ0n) is 15.2. The third kappa shape index (κ3) is 6.81. The first kappa shape index (κ1) is 19.8. The van der Waals surface area contributed by atoms with Crippen LogP contribution in [0.1, 0.15) is 66.6 Å². The molecule has 0 saturated heterocycles. The number of nitrogen functional groups attached to an aromatic ring is 1. The number of carbonyl (C=O) groups excluding carboxylic acids is 1. The Kier molecular flexibility index (Phi) is 7.38. The SMILES string of the molecule is CC(C)CCCC(C)NC(=O)CSc1nnc(C(C)(C)C)n1N. The maximum Gasteiger partial charge on any atom is 0.230 e. The van der Waals surface area contributed by atoms with Crippen molar-refractivity contribution in [2.75, 3.05) is 11.6 Å². The minimum absolute atomic E-state index is 0.00681. The lowest BCUT2D eigenvalue weighted by atomic mass is 9.96. The Hall–Kier alpha value is -1.24. The van der Waals surface area contributed by atoms with E-state index in [0.29, 0.717) is 22.7 Å². The first-order valence-electron chi connectivity index (χ1n) is 8.24. The molecule has 1 aromatic rings. The second kappa shape index (κ2) is 8.57. The fraction of sp³-hybridized carbons (Fsp3) is 0.812. The Morgan fingerprint density at radius 2 is 1.91 bits per heavy atom. The van der Waals surface area contributed by atoms with Crippen molar-refractivity contribution in [2.24, 2.45) is 5.92 Å². The maximum absolute atomic E-state index is 12.0. The lowest BCUT2D eigenvalue weighted by Gasteiger charge is -2.16. The largest absolute Gasteiger partial charge is 0.353 e. The number of amides is 1. The standard InChI is InChI=1S/C16H31N5OS/c1-11(2)8-7-9-12(3)18-13(22)10-23-15-20-19-14(21(15)17)16(4,5)6/h11-12H,7-10,17H2,1-6H3,(H,18,22). The van der Waals surface area contributed by atoms with E-state index in [0.717, 1.165) is 12.8 Å². The van der Waals surface area contributed by atoms with Crippen LogP contribution in [-0.2, 0) is 10.2 Å². The lowest BCUT2D eigenvalue weighted by Crippen LogP contribution is -2.34. The van der Waals surface area contributed by atoms with Crippen LogP contribution in [-0.4, -0.2) is 32.6 Å². The summed E-state index contributed by atoms with van der Waals surface area (Å²) in [5.74, 6) is 7.74. The molecule has 1 rings (SSSR count). The fourth-order valence-corrected chi connectivity index (χ4v) is 2.91. The summed E-state index contributed by atoms with van der Waals surface area (Å²) in [6, 6.07) is 0.197. The zero-order valence-corrected chi connectivity index (χ0v) is 16.0. The van der Waals surface area contributed by atoms with Crippen LogP contribution in [0, 0.1) is 5.92 Å². The monoisotopic (exact) mass is 341 g/mol. The number of rotatable bonds is 8. The molecule has 23 heavy (non-hydrogen) atoms. The molecule has 0 spiro atoms. The minimum Gasteiger partial charge on any atom is -0.353 e. The van der Waals surface area contributed by atoms with Gasteiger partial charge < -0.3 is 11.2 Å². The Morgan fingerprint density at radius 1 is 1.26 bits per heavy atom. The topological polar surface area (TPSA) is 85.8 Å². The maximum atomic E-state index is 12.0. The molecule has 6 nitrogen and oxygen atoms in total. The van der Waals surface area contributed by atoms with Gasteiger partial charge in [0.25, 0.3) is 0 Å². The number of nitrogens with one attached hydrogen (secondary N) is 1. The van der Waals surface area contributed by atoms with Crippen LogP contribution in [0.25, 0.3) is 0 Å². The minimum atomic E-state index is -0.173. The second-order valence-corrected chi connectivity index (χ2v) is 8.45. The van der Waals surface area contributed by atoms with E-state index in [4.69, 9.17) is 5.84 Å². The van der Waals surface area contributed by atoms with Crippen molar-refractivity contribution in [1.82, 2.24) is 20.2 Å². The Balaban J connectivity index is 2.40. The van der Waals surface area contributed by atoms with Crippen LogP contribution < -0.4 is 11.2 Å². The summed E-state index contributed by atoms with van der Waals surface area (Å²) in [6.45, 7) is 12.6. The molecule has 0 aliphatic heterocycles. The number of hydrogen-bond acceptors (Lipinski definition) is 5. The summed E-state index contributed by atoms with van der Waals surface area (Å²) < 4.78 is 1.48. The number of carbonyl (C=O) groups is 1. The van der Waals surface area contributed by atoms with E-state index in [1.165, 1.54) is 22.9 Å². The van der Waals surface area contributed by atoms with Gasteiger partial charge >= 0.3 is 0 Å². The third-order valence-corrected chi connectivity index (χ3v) is 4.44. The van der Waals surface area contributed by atoms with Crippen molar-refractivity contribution in [3.05, 3.63) is 5.82 Å². The molecule has 0 bridgehead atoms. The second-order valence-electron chi connectivity index (χ2n) is 7.51. The average Bonchev–Trinajstić information content (AvgIpc) is 2.77. The quantitative estimate of drug-likeness (QED) is 0.561. The number of hydrogen-bond donors (Lipinski definition) is 2. The van der Waals surface area contributed by atoms with E-state index >= 15 is 0 Å². The van der Waals surface area contributed by atoms with Crippen molar-refractivity contribution in [2.45, 2.75) is 77.4 Å². The van der Waals surface area contributed by atoms with E-state index in [9.17, 15) is 4.79 Å². The zero-order chi connectivity index (χ0) is 17.6. The van der Waals surface area contributed by atoms with Crippen molar-refractivity contribution in [1.29, 1.82) is 0 Å². The number of nitrogens with zero attached hydrogens (tertiary/aromatic N) is 3. The summed E-state index contributed by atoms with van der Waals surface area (Å²) in [6.07, 6.45) is 3.34. The van der Waals surface area contributed by atoms with E-state index in [-0.39, 0.29) is 17.4 Å². The molecular formula is C16H31N5OS. The van der Waals surface area contributed by atoms with Gasteiger partial charge in [-0.2, -0.15) is 0 Å². The molecule has 0 saturated carbocycles. The van der Waals surface area contributed by atoms with Crippen molar-refractivity contribution < 1.29 is 4.79 Å². The molecule has 1 heterocycles. The third-order valence-electron chi connectivity index (χ3n) is 3.49. The Bertz CT molecular complexity index is 507. The van der Waals surface area contributed by atoms with Gasteiger partial charge in [0.05, 0.1) is 5.75 Å². The Labute approximate surface area is 144 Å². The van der Waals surface area contributed by atoms with Crippen molar-refractivity contribution in [3.63, 3.8) is 0 Å². The van der Waals surface area contributed by atoms with Crippen molar-refractivity contribution >= 4 is 17.7 Å². The molecule has 132 valence electrons. The smallest absolute Gasteiger partial charge is 0.230 e. The summed E-state index contributed by atoms with van der Waals surface area (Å²) in [7, 11) is 0.